The number of rotatable bonds is 5. The first-order valence-electron chi connectivity index (χ1n) is 11.0. The first kappa shape index (κ1) is 22.6. The molecule has 0 saturated carbocycles. The molecular weight excluding hydrogens is 466 g/mol. The van der Waals surface area contributed by atoms with Crippen molar-refractivity contribution >= 4 is 34.5 Å². The zero-order chi connectivity index (χ0) is 24.7. The first-order valence-corrected chi connectivity index (χ1v) is 11.8. The van der Waals surface area contributed by atoms with Crippen molar-refractivity contribution in [1.29, 1.82) is 0 Å². The van der Waals surface area contributed by atoms with E-state index in [0.717, 1.165) is 16.3 Å². The van der Waals surface area contributed by atoms with E-state index in [4.69, 9.17) is 4.74 Å². The summed E-state index contributed by atoms with van der Waals surface area (Å²) in [6.45, 7) is 3.26. The van der Waals surface area contributed by atoms with Crippen molar-refractivity contribution in [2.45, 2.75) is 13.8 Å². The van der Waals surface area contributed by atoms with Gasteiger partial charge in [-0.25, -0.2) is 9.67 Å². The molecule has 10 heteroatoms. The van der Waals surface area contributed by atoms with Crippen LogP contribution in [0.1, 0.15) is 10.7 Å². The molecule has 178 valence electrons. The van der Waals surface area contributed by atoms with Crippen LogP contribution in [0.3, 0.4) is 0 Å². The number of nitrogens with one attached hydrogen (secondary N) is 1. The topological polar surface area (TPSA) is 98.5 Å². The van der Waals surface area contributed by atoms with Crippen molar-refractivity contribution < 1.29 is 14.3 Å². The molecule has 0 unspecified atom stereocenters. The molecule has 0 aliphatic carbocycles. The summed E-state index contributed by atoms with van der Waals surface area (Å²) in [7, 11) is 1.75. The van der Waals surface area contributed by atoms with Gasteiger partial charge in [0.05, 0.1) is 27.8 Å². The molecule has 3 heterocycles. The van der Waals surface area contributed by atoms with Crippen LogP contribution in [0, 0.1) is 13.8 Å². The number of aromatic nitrogens is 3. The van der Waals surface area contributed by atoms with E-state index < -0.39 is 5.91 Å². The first-order chi connectivity index (χ1) is 16.8. The Bertz CT molecular complexity index is 1500. The van der Waals surface area contributed by atoms with E-state index in [-0.39, 0.29) is 30.3 Å². The molecule has 1 aliphatic rings. The van der Waals surface area contributed by atoms with Gasteiger partial charge in [-0.2, -0.15) is 0 Å². The van der Waals surface area contributed by atoms with Crippen LogP contribution in [0.25, 0.3) is 16.9 Å². The number of fused-ring (bicyclic) bond motifs is 1. The summed E-state index contributed by atoms with van der Waals surface area (Å²) in [5.41, 5.74) is 3.22. The highest BCUT2D eigenvalue weighted by Gasteiger charge is 2.29. The lowest BCUT2D eigenvalue weighted by Gasteiger charge is -2.29. The summed E-state index contributed by atoms with van der Waals surface area (Å²) in [6, 6.07) is 14.6. The molecule has 0 bridgehead atoms. The molecule has 2 amide bonds. The summed E-state index contributed by atoms with van der Waals surface area (Å²) in [5, 5.41) is 5.59. The number of hydrogen-bond donors (Lipinski definition) is 1. The van der Waals surface area contributed by atoms with Crippen molar-refractivity contribution in [2.75, 3.05) is 23.4 Å². The number of anilines is 2. The van der Waals surface area contributed by atoms with E-state index in [1.54, 1.807) is 30.8 Å². The van der Waals surface area contributed by atoms with Crippen LogP contribution in [0.5, 0.6) is 5.75 Å². The number of nitrogens with zero attached hydrogens (tertiary/aromatic N) is 4. The number of amides is 2. The number of para-hydroxylation sites is 1. The molecule has 0 saturated heterocycles. The van der Waals surface area contributed by atoms with E-state index in [9.17, 15) is 14.4 Å². The molecule has 9 nitrogen and oxygen atoms in total. The standard InChI is InChI=1S/C25H23N5O4S/c1-15-24(25(33)30(28(15)3)18-7-5-4-6-8-18)27-22(31)12-29-20-11-17(19-14-35-16(2)26-19)9-10-21(20)34-13-23(29)32/h4-11,14H,12-13H2,1-3H3,(H,27,31). The van der Waals surface area contributed by atoms with Crippen LogP contribution >= 0.6 is 11.3 Å². The Morgan fingerprint density at radius 1 is 1.14 bits per heavy atom. The Labute approximate surface area is 205 Å². The SMILES string of the molecule is Cc1nc(-c2ccc3c(c2)N(CC(=O)Nc2c(C)n(C)n(-c4ccccc4)c2=O)C(=O)CO3)cs1. The van der Waals surface area contributed by atoms with Gasteiger partial charge in [-0.3, -0.25) is 24.0 Å². The fourth-order valence-corrected chi connectivity index (χ4v) is 4.69. The molecule has 0 fully saturated rings. The van der Waals surface area contributed by atoms with Crippen molar-refractivity contribution in [2.24, 2.45) is 7.05 Å². The summed E-state index contributed by atoms with van der Waals surface area (Å²) < 4.78 is 8.74. The summed E-state index contributed by atoms with van der Waals surface area (Å²) >= 11 is 1.53. The fourth-order valence-electron chi connectivity index (χ4n) is 4.07. The summed E-state index contributed by atoms with van der Waals surface area (Å²) in [5.74, 6) is -0.312. The predicted octanol–water partition coefficient (Wildman–Crippen LogP) is 3.28. The lowest BCUT2D eigenvalue weighted by Crippen LogP contribution is -2.43. The second kappa shape index (κ2) is 8.88. The highest BCUT2D eigenvalue weighted by atomic mass is 32.1. The van der Waals surface area contributed by atoms with Gasteiger partial charge in [0.25, 0.3) is 11.5 Å². The highest BCUT2D eigenvalue weighted by Crippen LogP contribution is 2.36. The third kappa shape index (κ3) is 4.12. The molecule has 0 spiro atoms. The van der Waals surface area contributed by atoms with Gasteiger partial charge in [-0.1, -0.05) is 18.2 Å². The zero-order valence-electron chi connectivity index (χ0n) is 19.4. The Morgan fingerprint density at radius 2 is 1.91 bits per heavy atom. The average molecular weight is 490 g/mol. The number of hydrogen-bond acceptors (Lipinski definition) is 6. The quantitative estimate of drug-likeness (QED) is 0.464. The monoisotopic (exact) mass is 489 g/mol. The van der Waals surface area contributed by atoms with E-state index in [2.05, 4.69) is 10.3 Å². The molecule has 0 radical (unpaired) electrons. The number of thiazole rings is 1. The third-order valence-electron chi connectivity index (χ3n) is 5.94. The second-order valence-corrected chi connectivity index (χ2v) is 9.25. The van der Waals surface area contributed by atoms with E-state index in [0.29, 0.717) is 22.8 Å². The normalized spacial score (nSPS) is 12.9. The largest absolute Gasteiger partial charge is 0.482 e. The summed E-state index contributed by atoms with van der Waals surface area (Å²) in [4.78, 5) is 44.8. The number of ether oxygens (including phenoxy) is 1. The lowest BCUT2D eigenvalue weighted by molar-refractivity contribution is -0.123. The average Bonchev–Trinajstić information content (AvgIpc) is 3.38. The minimum absolute atomic E-state index is 0.166. The Kier molecular flexibility index (Phi) is 5.73. The van der Waals surface area contributed by atoms with Crippen molar-refractivity contribution in [3.8, 4) is 22.7 Å². The molecule has 35 heavy (non-hydrogen) atoms. The maximum Gasteiger partial charge on any atom is 0.295 e. The molecular formula is C25H23N5O4S. The maximum absolute atomic E-state index is 13.1. The minimum atomic E-state index is -0.480. The molecule has 1 aliphatic heterocycles. The molecule has 2 aromatic carbocycles. The predicted molar refractivity (Wildman–Crippen MR) is 135 cm³/mol. The van der Waals surface area contributed by atoms with E-state index >= 15 is 0 Å². The number of carbonyl (C=O) groups is 2. The van der Waals surface area contributed by atoms with Gasteiger partial charge in [0.1, 0.15) is 18.0 Å². The van der Waals surface area contributed by atoms with Crippen LogP contribution in [0.4, 0.5) is 11.4 Å². The molecule has 0 atom stereocenters. The Balaban J connectivity index is 1.43. The number of carbonyl (C=O) groups excluding carboxylic acids is 2. The van der Waals surface area contributed by atoms with Crippen molar-refractivity contribution in [3.05, 3.63) is 75.0 Å². The third-order valence-corrected chi connectivity index (χ3v) is 6.71. The van der Waals surface area contributed by atoms with Crippen molar-refractivity contribution in [1.82, 2.24) is 14.3 Å². The summed E-state index contributed by atoms with van der Waals surface area (Å²) in [6.07, 6.45) is 0. The lowest BCUT2D eigenvalue weighted by atomic mass is 10.1. The van der Waals surface area contributed by atoms with Gasteiger partial charge in [0.2, 0.25) is 5.91 Å². The van der Waals surface area contributed by atoms with Gasteiger partial charge in [0.15, 0.2) is 6.61 Å². The minimum Gasteiger partial charge on any atom is -0.482 e. The Morgan fingerprint density at radius 3 is 2.63 bits per heavy atom. The van der Waals surface area contributed by atoms with E-state index in [1.807, 2.05) is 48.7 Å². The maximum atomic E-state index is 13.1. The van der Waals surface area contributed by atoms with Gasteiger partial charge in [-0.05, 0) is 44.2 Å². The van der Waals surface area contributed by atoms with Crippen LogP contribution < -0.4 is 20.5 Å². The molecule has 4 aromatic rings. The molecule has 2 aromatic heterocycles. The fraction of sp³-hybridized carbons (Fsp3) is 0.200. The van der Waals surface area contributed by atoms with Crippen LogP contribution in [0.2, 0.25) is 0 Å². The van der Waals surface area contributed by atoms with Crippen LogP contribution in [0.15, 0.2) is 58.7 Å². The number of benzene rings is 2. The Hall–Kier alpha value is -4.18. The van der Waals surface area contributed by atoms with Gasteiger partial charge < -0.3 is 10.1 Å². The van der Waals surface area contributed by atoms with Crippen molar-refractivity contribution in [3.63, 3.8) is 0 Å². The number of aryl methyl sites for hydroxylation is 1. The van der Waals surface area contributed by atoms with E-state index in [1.165, 1.54) is 20.9 Å². The molecule has 1 N–H and O–H groups in total. The van der Waals surface area contributed by atoms with Gasteiger partial charge in [-0.15, -0.1) is 11.3 Å². The van der Waals surface area contributed by atoms with Gasteiger partial charge in [0, 0.05) is 18.0 Å². The van der Waals surface area contributed by atoms with Gasteiger partial charge >= 0.3 is 0 Å². The highest BCUT2D eigenvalue weighted by molar-refractivity contribution is 7.09. The zero-order valence-corrected chi connectivity index (χ0v) is 20.3. The van der Waals surface area contributed by atoms with Crippen LogP contribution in [-0.4, -0.2) is 39.3 Å². The smallest absolute Gasteiger partial charge is 0.295 e. The molecule has 5 rings (SSSR count). The van der Waals surface area contributed by atoms with Crippen LogP contribution in [-0.2, 0) is 16.6 Å². The second-order valence-electron chi connectivity index (χ2n) is 8.19.